The van der Waals surface area contributed by atoms with E-state index in [0.717, 1.165) is 18.9 Å². The van der Waals surface area contributed by atoms with Gasteiger partial charge in [0.05, 0.1) is 11.8 Å². The first kappa shape index (κ1) is 13.8. The molecule has 1 amide bonds. The lowest BCUT2D eigenvalue weighted by Gasteiger charge is -2.24. The first-order chi connectivity index (χ1) is 9.16. The molecule has 19 heavy (non-hydrogen) atoms. The Labute approximate surface area is 114 Å². The number of pyridine rings is 1. The molecule has 0 aliphatic heterocycles. The maximum Gasteiger partial charge on any atom is 0.255 e. The Hall–Kier alpha value is -1.58. The van der Waals surface area contributed by atoms with Crippen molar-refractivity contribution in [1.29, 1.82) is 0 Å². The minimum atomic E-state index is -0.0702. The quantitative estimate of drug-likeness (QED) is 0.907. The van der Waals surface area contributed by atoms with Gasteiger partial charge in [0.2, 0.25) is 0 Å². The van der Waals surface area contributed by atoms with Crippen LogP contribution in [0.4, 0.5) is 0 Å². The molecule has 1 heterocycles. The van der Waals surface area contributed by atoms with E-state index in [0.29, 0.717) is 5.56 Å². The molecule has 1 fully saturated rings. The van der Waals surface area contributed by atoms with Gasteiger partial charge >= 0.3 is 0 Å². The molecule has 0 atom stereocenters. The van der Waals surface area contributed by atoms with E-state index in [1.54, 1.807) is 4.90 Å². The van der Waals surface area contributed by atoms with Crippen LogP contribution in [0, 0.1) is 5.92 Å². The summed E-state index contributed by atoms with van der Waals surface area (Å²) in [5.41, 5.74) is 0.450. The van der Waals surface area contributed by atoms with Gasteiger partial charge in [-0.3, -0.25) is 9.78 Å². The molecule has 0 aromatic carbocycles. The van der Waals surface area contributed by atoms with Crippen LogP contribution in [-0.4, -0.2) is 34.5 Å². The molecule has 1 aromatic rings. The summed E-state index contributed by atoms with van der Waals surface area (Å²) in [5.74, 6) is 0.733. The average molecular weight is 262 g/mol. The van der Waals surface area contributed by atoms with Crippen molar-refractivity contribution in [3.63, 3.8) is 0 Å². The van der Waals surface area contributed by atoms with Gasteiger partial charge in [0.25, 0.3) is 5.91 Å². The lowest BCUT2D eigenvalue weighted by Crippen LogP contribution is -2.29. The molecule has 4 nitrogen and oxygen atoms in total. The fourth-order valence-corrected chi connectivity index (χ4v) is 2.72. The van der Waals surface area contributed by atoms with Crippen LogP contribution in [0.1, 0.15) is 48.9 Å². The van der Waals surface area contributed by atoms with Crippen LogP contribution in [0.5, 0.6) is 5.75 Å². The Bertz CT molecular complexity index is 428. The van der Waals surface area contributed by atoms with Gasteiger partial charge in [0.15, 0.2) is 0 Å². The molecule has 1 aliphatic rings. The molecular weight excluding hydrogens is 240 g/mol. The van der Waals surface area contributed by atoms with Gasteiger partial charge in [0, 0.05) is 19.8 Å². The summed E-state index contributed by atoms with van der Waals surface area (Å²) in [5, 5.41) is 9.34. The lowest BCUT2D eigenvalue weighted by molar-refractivity contribution is 0.0783. The number of hydrogen-bond acceptors (Lipinski definition) is 3. The van der Waals surface area contributed by atoms with E-state index >= 15 is 0 Å². The molecule has 104 valence electrons. The fourth-order valence-electron chi connectivity index (χ4n) is 2.72. The van der Waals surface area contributed by atoms with E-state index < -0.39 is 0 Å². The highest BCUT2D eigenvalue weighted by Crippen LogP contribution is 2.26. The van der Waals surface area contributed by atoms with Crippen LogP contribution in [0.3, 0.4) is 0 Å². The smallest absolute Gasteiger partial charge is 0.255 e. The average Bonchev–Trinajstić information content (AvgIpc) is 2.45. The molecule has 1 aromatic heterocycles. The Kier molecular flexibility index (Phi) is 4.77. The second kappa shape index (κ2) is 6.55. The predicted octanol–water partition coefficient (Wildman–Crippen LogP) is 2.83. The first-order valence-corrected chi connectivity index (χ1v) is 7.06. The van der Waals surface area contributed by atoms with Crippen molar-refractivity contribution in [3.05, 3.63) is 24.0 Å². The molecule has 0 saturated heterocycles. The van der Waals surface area contributed by atoms with Crippen molar-refractivity contribution < 1.29 is 9.90 Å². The van der Waals surface area contributed by atoms with Crippen molar-refractivity contribution in [3.8, 4) is 5.75 Å². The van der Waals surface area contributed by atoms with Crippen molar-refractivity contribution in [2.24, 2.45) is 5.92 Å². The van der Waals surface area contributed by atoms with Crippen LogP contribution in [0.2, 0.25) is 0 Å². The number of carbonyl (C=O) groups is 1. The third-order valence-corrected chi connectivity index (χ3v) is 3.91. The standard InChI is InChI=1S/C15H22N2O2/c1-17(8-7-12-5-3-2-4-6-12)15(19)13-9-14(18)11-16-10-13/h9-12,18H,2-8H2,1H3. The van der Waals surface area contributed by atoms with E-state index in [2.05, 4.69) is 4.98 Å². The highest BCUT2D eigenvalue weighted by atomic mass is 16.3. The topological polar surface area (TPSA) is 53.4 Å². The predicted molar refractivity (Wildman–Crippen MR) is 74.1 cm³/mol. The Balaban J connectivity index is 1.85. The molecular formula is C15H22N2O2. The number of hydrogen-bond donors (Lipinski definition) is 1. The van der Waals surface area contributed by atoms with Gasteiger partial charge in [-0.2, -0.15) is 0 Å². The minimum Gasteiger partial charge on any atom is -0.506 e. The van der Waals surface area contributed by atoms with E-state index in [1.165, 1.54) is 50.6 Å². The van der Waals surface area contributed by atoms with Crippen LogP contribution in [-0.2, 0) is 0 Å². The van der Waals surface area contributed by atoms with Crippen molar-refractivity contribution in [1.82, 2.24) is 9.88 Å². The largest absolute Gasteiger partial charge is 0.506 e. The number of aromatic hydroxyl groups is 1. The molecule has 1 saturated carbocycles. The van der Waals surface area contributed by atoms with E-state index in [4.69, 9.17) is 0 Å². The normalized spacial score (nSPS) is 16.3. The summed E-state index contributed by atoms with van der Waals surface area (Å²) < 4.78 is 0. The first-order valence-electron chi connectivity index (χ1n) is 7.06. The summed E-state index contributed by atoms with van der Waals surface area (Å²) >= 11 is 0. The number of carbonyl (C=O) groups excluding carboxylic acids is 1. The molecule has 4 heteroatoms. The van der Waals surface area contributed by atoms with Gasteiger partial charge in [-0.25, -0.2) is 0 Å². The van der Waals surface area contributed by atoms with E-state index in [9.17, 15) is 9.90 Å². The maximum absolute atomic E-state index is 12.1. The van der Waals surface area contributed by atoms with Crippen LogP contribution < -0.4 is 0 Å². The molecule has 1 aliphatic carbocycles. The zero-order chi connectivity index (χ0) is 13.7. The summed E-state index contributed by atoms with van der Waals surface area (Å²) in [4.78, 5) is 17.7. The Morgan fingerprint density at radius 2 is 2.11 bits per heavy atom. The number of aromatic nitrogens is 1. The molecule has 0 spiro atoms. The minimum absolute atomic E-state index is 0.0338. The van der Waals surface area contributed by atoms with Gasteiger partial charge in [-0.1, -0.05) is 32.1 Å². The zero-order valence-corrected chi connectivity index (χ0v) is 11.5. The van der Waals surface area contributed by atoms with Crippen LogP contribution in [0.25, 0.3) is 0 Å². The Morgan fingerprint density at radius 1 is 1.37 bits per heavy atom. The second-order valence-electron chi connectivity index (χ2n) is 5.45. The summed E-state index contributed by atoms with van der Waals surface area (Å²) in [6, 6.07) is 1.46. The van der Waals surface area contributed by atoms with Crippen molar-refractivity contribution >= 4 is 5.91 Å². The van der Waals surface area contributed by atoms with Crippen LogP contribution >= 0.6 is 0 Å². The molecule has 2 rings (SSSR count). The van der Waals surface area contributed by atoms with E-state index in [-0.39, 0.29) is 11.7 Å². The molecule has 0 unspecified atom stereocenters. The third-order valence-electron chi connectivity index (χ3n) is 3.91. The van der Waals surface area contributed by atoms with Gasteiger partial charge < -0.3 is 10.0 Å². The SMILES string of the molecule is CN(CCC1CCCCC1)C(=O)c1cncc(O)c1. The maximum atomic E-state index is 12.1. The fraction of sp³-hybridized carbons (Fsp3) is 0.600. The molecule has 1 N–H and O–H groups in total. The number of nitrogens with zero attached hydrogens (tertiary/aromatic N) is 2. The summed E-state index contributed by atoms with van der Waals surface area (Å²) in [6.07, 6.45) is 10.5. The summed E-state index contributed by atoms with van der Waals surface area (Å²) in [6.45, 7) is 0.777. The van der Waals surface area contributed by atoms with Crippen molar-refractivity contribution in [2.75, 3.05) is 13.6 Å². The Morgan fingerprint density at radius 3 is 2.79 bits per heavy atom. The van der Waals surface area contributed by atoms with Gasteiger partial charge in [-0.05, 0) is 18.4 Å². The highest BCUT2D eigenvalue weighted by Gasteiger charge is 2.17. The highest BCUT2D eigenvalue weighted by molar-refractivity contribution is 5.94. The van der Waals surface area contributed by atoms with Gasteiger partial charge in [-0.15, -0.1) is 0 Å². The van der Waals surface area contributed by atoms with Crippen molar-refractivity contribution in [2.45, 2.75) is 38.5 Å². The molecule has 0 bridgehead atoms. The van der Waals surface area contributed by atoms with Crippen LogP contribution in [0.15, 0.2) is 18.5 Å². The van der Waals surface area contributed by atoms with E-state index in [1.807, 2.05) is 7.05 Å². The zero-order valence-electron chi connectivity index (χ0n) is 11.5. The monoisotopic (exact) mass is 262 g/mol. The second-order valence-corrected chi connectivity index (χ2v) is 5.45. The number of amides is 1. The number of rotatable bonds is 4. The third kappa shape index (κ3) is 3.94. The van der Waals surface area contributed by atoms with Gasteiger partial charge in [0.1, 0.15) is 5.75 Å². The lowest BCUT2D eigenvalue weighted by atomic mass is 9.87. The summed E-state index contributed by atoms with van der Waals surface area (Å²) in [7, 11) is 1.81. The molecule has 0 radical (unpaired) electrons.